The highest BCUT2D eigenvalue weighted by atomic mass is 127. The van der Waals surface area contributed by atoms with E-state index >= 15 is 0 Å². The van der Waals surface area contributed by atoms with E-state index in [2.05, 4.69) is 50.0 Å². The number of oxime groups is 1. The van der Waals surface area contributed by atoms with Crippen LogP contribution >= 0.6 is 33.9 Å². The SMILES string of the molecule is CCCCOc1oc2cc3c(I)c(c2c(=O)c1CCC)C(N1CCC(c2nc(C4=NOC(c5ccccc5)C4)cs2)CC1)C3n1nc(C(F)(F)F)cc1C. The molecule has 1 saturated heterocycles. The molecule has 8 rings (SSSR count). The van der Waals surface area contributed by atoms with E-state index in [4.69, 9.17) is 19.0 Å². The van der Waals surface area contributed by atoms with Crippen LogP contribution in [0.5, 0.6) is 5.95 Å². The molecular formula is C40H41F3IN5O4S. The van der Waals surface area contributed by atoms with Gasteiger partial charge >= 0.3 is 6.18 Å². The Bertz CT molecular complexity index is 2260. The van der Waals surface area contributed by atoms with Crippen LogP contribution in [0.15, 0.2) is 62.2 Å². The number of unbranched alkanes of at least 4 members (excludes halogenated alkanes) is 1. The summed E-state index contributed by atoms with van der Waals surface area (Å²) >= 11 is 3.89. The fourth-order valence-electron chi connectivity index (χ4n) is 8.07. The number of likely N-dealkylation sites (tertiary alicyclic amines) is 1. The van der Waals surface area contributed by atoms with Crippen molar-refractivity contribution in [1.82, 2.24) is 19.7 Å². The predicted octanol–water partition coefficient (Wildman–Crippen LogP) is 9.90. The third-order valence-corrected chi connectivity index (χ3v) is 13.0. The lowest BCUT2D eigenvalue weighted by Gasteiger charge is -2.39. The number of rotatable bonds is 11. The van der Waals surface area contributed by atoms with Crippen molar-refractivity contribution in [2.45, 2.75) is 96.0 Å². The zero-order valence-electron chi connectivity index (χ0n) is 30.3. The van der Waals surface area contributed by atoms with Gasteiger partial charge in [-0.1, -0.05) is 62.2 Å². The summed E-state index contributed by atoms with van der Waals surface area (Å²) in [6.07, 6.45) is 0.494. The summed E-state index contributed by atoms with van der Waals surface area (Å²) in [5.74, 6) is 0.443. The van der Waals surface area contributed by atoms with Crippen molar-refractivity contribution in [1.29, 1.82) is 0 Å². The molecule has 3 atom stereocenters. The largest absolute Gasteiger partial charge is 0.465 e. The molecule has 5 heterocycles. The lowest BCUT2D eigenvalue weighted by Crippen LogP contribution is -2.39. The van der Waals surface area contributed by atoms with Gasteiger partial charge < -0.3 is 14.0 Å². The molecule has 284 valence electrons. The van der Waals surface area contributed by atoms with E-state index in [1.54, 1.807) is 18.3 Å². The number of hydrogen-bond donors (Lipinski definition) is 0. The Morgan fingerprint density at radius 2 is 1.85 bits per heavy atom. The summed E-state index contributed by atoms with van der Waals surface area (Å²) in [7, 11) is 0. The first-order valence-electron chi connectivity index (χ1n) is 18.6. The zero-order chi connectivity index (χ0) is 37.7. The number of aromatic nitrogens is 3. The molecule has 0 radical (unpaired) electrons. The summed E-state index contributed by atoms with van der Waals surface area (Å²) < 4.78 is 56.9. The highest BCUT2D eigenvalue weighted by molar-refractivity contribution is 14.1. The van der Waals surface area contributed by atoms with Crippen molar-refractivity contribution >= 4 is 50.6 Å². The Morgan fingerprint density at radius 3 is 2.56 bits per heavy atom. The molecule has 9 nitrogen and oxygen atoms in total. The molecule has 54 heavy (non-hydrogen) atoms. The second kappa shape index (κ2) is 15.1. The maximum absolute atomic E-state index is 14.5. The molecule has 0 saturated carbocycles. The van der Waals surface area contributed by atoms with Crippen molar-refractivity contribution in [2.24, 2.45) is 5.16 Å². The van der Waals surface area contributed by atoms with Crippen molar-refractivity contribution in [2.75, 3.05) is 19.7 Å². The third-order valence-electron chi connectivity index (χ3n) is 10.8. The molecule has 0 amide bonds. The Morgan fingerprint density at radius 1 is 1.07 bits per heavy atom. The number of benzene rings is 2. The summed E-state index contributed by atoms with van der Waals surface area (Å²) in [4.78, 5) is 27.6. The number of ether oxygens (including phenoxy) is 1. The number of nitrogens with zero attached hydrogens (tertiary/aromatic N) is 5. The summed E-state index contributed by atoms with van der Waals surface area (Å²) in [5, 5.41) is 12.1. The summed E-state index contributed by atoms with van der Waals surface area (Å²) in [6, 6.07) is 11.9. The zero-order valence-corrected chi connectivity index (χ0v) is 33.3. The molecule has 0 N–H and O–H groups in total. The number of alkyl halides is 3. The number of fused-ring (bicyclic) bond motifs is 4. The smallest absolute Gasteiger partial charge is 0.435 e. The average Bonchev–Trinajstić information content (AvgIpc) is 3.96. The van der Waals surface area contributed by atoms with Gasteiger partial charge in [0.1, 0.15) is 11.3 Å². The van der Waals surface area contributed by atoms with E-state index in [1.165, 1.54) is 4.68 Å². The van der Waals surface area contributed by atoms with Crippen molar-refractivity contribution in [3.63, 3.8) is 0 Å². The number of aryl methyl sites for hydroxylation is 1. The van der Waals surface area contributed by atoms with Crippen molar-refractivity contribution < 1.29 is 27.2 Å². The second-order valence-electron chi connectivity index (χ2n) is 14.3. The average molecular weight is 872 g/mol. The molecule has 3 unspecified atom stereocenters. The van der Waals surface area contributed by atoms with Crippen LogP contribution in [0, 0.1) is 10.5 Å². The predicted molar refractivity (Wildman–Crippen MR) is 210 cm³/mol. The Labute approximate surface area is 328 Å². The van der Waals surface area contributed by atoms with Gasteiger partial charge in [-0.15, -0.1) is 11.3 Å². The number of hydrogen-bond acceptors (Lipinski definition) is 9. The van der Waals surface area contributed by atoms with E-state index in [1.807, 2.05) is 43.3 Å². The first-order valence-corrected chi connectivity index (χ1v) is 20.6. The highest BCUT2D eigenvalue weighted by Gasteiger charge is 2.46. The molecule has 1 aliphatic carbocycles. The lowest BCUT2D eigenvalue weighted by atomic mass is 9.93. The minimum absolute atomic E-state index is 0.128. The molecule has 3 aromatic heterocycles. The van der Waals surface area contributed by atoms with Gasteiger partial charge in [0.15, 0.2) is 17.2 Å². The van der Waals surface area contributed by atoms with E-state index in [0.717, 1.165) is 74.8 Å². The molecule has 0 spiro atoms. The van der Waals surface area contributed by atoms with Crippen LogP contribution in [0.4, 0.5) is 13.2 Å². The lowest BCUT2D eigenvalue weighted by molar-refractivity contribution is -0.141. The van der Waals surface area contributed by atoms with Gasteiger partial charge in [0.2, 0.25) is 0 Å². The Kier molecular flexibility index (Phi) is 10.4. The van der Waals surface area contributed by atoms with Crippen LogP contribution in [0.1, 0.15) is 121 Å². The monoisotopic (exact) mass is 871 g/mol. The summed E-state index contributed by atoms with van der Waals surface area (Å²) in [5.41, 5.74) is 4.56. The fourth-order valence-corrected chi connectivity index (χ4v) is 10.1. The Hall–Kier alpha value is -3.76. The van der Waals surface area contributed by atoms with Crippen LogP contribution < -0.4 is 10.2 Å². The third kappa shape index (κ3) is 6.76. The second-order valence-corrected chi connectivity index (χ2v) is 16.3. The van der Waals surface area contributed by atoms with Crippen molar-refractivity contribution in [3.8, 4) is 5.95 Å². The topological polar surface area (TPSA) is 95.0 Å². The molecule has 2 bridgehead atoms. The first-order chi connectivity index (χ1) is 26.1. The van der Waals surface area contributed by atoms with Gasteiger partial charge in [-0.25, -0.2) is 4.98 Å². The number of piperidine rings is 1. The maximum Gasteiger partial charge on any atom is 0.435 e. The molecule has 2 aromatic carbocycles. The van der Waals surface area contributed by atoms with Gasteiger partial charge in [0.05, 0.1) is 40.3 Å². The van der Waals surface area contributed by atoms with Crippen LogP contribution in [-0.4, -0.2) is 45.1 Å². The van der Waals surface area contributed by atoms with E-state index in [9.17, 15) is 18.0 Å². The van der Waals surface area contributed by atoms with Crippen LogP contribution in [0.2, 0.25) is 0 Å². The minimum atomic E-state index is -4.60. The van der Waals surface area contributed by atoms with Gasteiger partial charge in [-0.05, 0) is 91.5 Å². The quantitative estimate of drug-likeness (QED) is 0.0964. The standard InChI is InChI=1S/C40H41F3IN5O4S/c1-4-6-17-51-39-25(10-5-2)37(50)32-30(52-39)19-26-34(44)33(32)36(35(26)49-22(3)18-31(46-49)40(41,42)43)48-15-13-24(14-16-48)38-45-28(21-54-38)27-20-29(53-47-27)23-11-8-7-9-12-23/h7-9,11-12,18-19,21,24,29,35-36H,4-6,10,13-17,20H2,1-3H3. The fraction of sp³-hybridized carbons (Fsp3) is 0.450. The van der Waals surface area contributed by atoms with Crippen LogP contribution in [0.3, 0.4) is 0 Å². The number of thiazole rings is 1. The molecule has 3 aliphatic rings. The molecule has 2 aliphatic heterocycles. The van der Waals surface area contributed by atoms with Gasteiger partial charge in [-0.3, -0.25) is 14.4 Å². The van der Waals surface area contributed by atoms with Gasteiger partial charge in [0.25, 0.3) is 5.95 Å². The van der Waals surface area contributed by atoms with Crippen molar-refractivity contribution in [3.05, 3.63) is 106 Å². The van der Waals surface area contributed by atoms with Crippen LogP contribution in [-0.2, 0) is 17.4 Å². The normalized spacial score (nSPS) is 20.5. The molecule has 14 heteroatoms. The minimum Gasteiger partial charge on any atom is -0.465 e. The molecule has 1 fully saturated rings. The highest BCUT2D eigenvalue weighted by Crippen LogP contribution is 2.52. The van der Waals surface area contributed by atoms with Gasteiger partial charge in [-0.2, -0.15) is 18.3 Å². The summed E-state index contributed by atoms with van der Waals surface area (Å²) in [6.45, 7) is 7.48. The first kappa shape index (κ1) is 37.2. The number of halogens is 4. The van der Waals surface area contributed by atoms with E-state index < -0.39 is 24.0 Å². The molecular weight excluding hydrogens is 830 g/mol. The molecule has 5 aromatic rings. The van der Waals surface area contributed by atoms with Gasteiger partial charge in [0, 0.05) is 32.5 Å². The Balaban J connectivity index is 1.12. The van der Waals surface area contributed by atoms with Crippen LogP contribution in [0.25, 0.3) is 11.0 Å². The van der Waals surface area contributed by atoms with E-state index in [0.29, 0.717) is 54.8 Å². The van der Waals surface area contributed by atoms with E-state index in [-0.39, 0.29) is 23.4 Å². The maximum atomic E-state index is 14.5.